The molecule has 0 saturated carbocycles. The molecule has 1 rings (SSSR count). The molecule has 0 heterocycles. The summed E-state index contributed by atoms with van der Waals surface area (Å²) >= 11 is 0. The van der Waals surface area contributed by atoms with Gasteiger partial charge < -0.3 is 10.4 Å². The predicted molar refractivity (Wildman–Crippen MR) is 73.8 cm³/mol. The standard InChI is InChI=1S/C15H23NO2/c1-11(2)13-6-8-14(9-7-13)15(18)16-10-4-5-12(3)17/h6-9,11-12,17H,4-5,10H2,1-3H3,(H,16,18). The van der Waals surface area contributed by atoms with Gasteiger partial charge in [-0.25, -0.2) is 0 Å². The van der Waals surface area contributed by atoms with Gasteiger partial charge in [0.1, 0.15) is 0 Å². The normalized spacial score (nSPS) is 12.5. The highest BCUT2D eigenvalue weighted by atomic mass is 16.3. The van der Waals surface area contributed by atoms with Crippen LogP contribution in [0.2, 0.25) is 0 Å². The molecule has 0 bridgehead atoms. The van der Waals surface area contributed by atoms with Crippen LogP contribution in [0.25, 0.3) is 0 Å². The smallest absolute Gasteiger partial charge is 0.251 e. The summed E-state index contributed by atoms with van der Waals surface area (Å²) in [7, 11) is 0. The summed E-state index contributed by atoms with van der Waals surface area (Å²) < 4.78 is 0. The SMILES string of the molecule is CC(O)CCCNC(=O)c1ccc(C(C)C)cc1. The predicted octanol–water partition coefficient (Wildman–Crippen LogP) is 2.70. The lowest BCUT2D eigenvalue weighted by molar-refractivity contribution is 0.0949. The molecule has 0 aromatic heterocycles. The molecule has 0 spiro atoms. The number of nitrogens with one attached hydrogen (secondary N) is 1. The molecule has 3 heteroatoms. The van der Waals surface area contributed by atoms with E-state index in [4.69, 9.17) is 5.11 Å². The Morgan fingerprint density at radius 2 is 1.83 bits per heavy atom. The highest BCUT2D eigenvalue weighted by Gasteiger charge is 2.06. The molecular formula is C15H23NO2. The van der Waals surface area contributed by atoms with Gasteiger partial charge in [0.2, 0.25) is 0 Å². The third-order valence-corrected chi connectivity index (χ3v) is 2.92. The van der Waals surface area contributed by atoms with Gasteiger partial charge in [0.05, 0.1) is 6.10 Å². The summed E-state index contributed by atoms with van der Waals surface area (Å²) in [5.74, 6) is 0.434. The van der Waals surface area contributed by atoms with E-state index in [-0.39, 0.29) is 12.0 Å². The minimum atomic E-state index is -0.299. The number of rotatable bonds is 6. The molecule has 100 valence electrons. The van der Waals surface area contributed by atoms with E-state index >= 15 is 0 Å². The number of benzene rings is 1. The van der Waals surface area contributed by atoms with Gasteiger partial charge in [-0.15, -0.1) is 0 Å². The Labute approximate surface area is 109 Å². The quantitative estimate of drug-likeness (QED) is 0.762. The monoisotopic (exact) mass is 249 g/mol. The number of aliphatic hydroxyl groups excluding tert-OH is 1. The van der Waals surface area contributed by atoms with E-state index in [0.717, 1.165) is 6.42 Å². The second-order valence-electron chi connectivity index (χ2n) is 5.02. The van der Waals surface area contributed by atoms with Crippen molar-refractivity contribution in [2.45, 2.75) is 45.6 Å². The Morgan fingerprint density at radius 3 is 2.33 bits per heavy atom. The van der Waals surface area contributed by atoms with E-state index in [1.807, 2.05) is 24.3 Å². The average Bonchev–Trinajstić information content (AvgIpc) is 2.34. The van der Waals surface area contributed by atoms with E-state index in [2.05, 4.69) is 19.2 Å². The summed E-state index contributed by atoms with van der Waals surface area (Å²) in [5.41, 5.74) is 1.93. The molecule has 18 heavy (non-hydrogen) atoms. The maximum absolute atomic E-state index is 11.8. The molecular weight excluding hydrogens is 226 g/mol. The first-order valence-electron chi connectivity index (χ1n) is 6.57. The topological polar surface area (TPSA) is 49.3 Å². The van der Waals surface area contributed by atoms with Crippen LogP contribution in [-0.2, 0) is 0 Å². The van der Waals surface area contributed by atoms with Crippen LogP contribution in [0.4, 0.5) is 0 Å². The van der Waals surface area contributed by atoms with E-state index in [1.54, 1.807) is 6.92 Å². The average molecular weight is 249 g/mol. The number of hydrogen-bond donors (Lipinski definition) is 2. The summed E-state index contributed by atoms with van der Waals surface area (Å²) in [6.07, 6.45) is 1.22. The lowest BCUT2D eigenvalue weighted by Crippen LogP contribution is -2.25. The fourth-order valence-corrected chi connectivity index (χ4v) is 1.72. The van der Waals surface area contributed by atoms with Crippen molar-refractivity contribution in [2.75, 3.05) is 6.54 Å². The molecule has 0 aliphatic carbocycles. The molecule has 1 amide bonds. The maximum Gasteiger partial charge on any atom is 0.251 e. The molecule has 1 aromatic carbocycles. The van der Waals surface area contributed by atoms with Crippen molar-refractivity contribution >= 4 is 5.91 Å². The minimum Gasteiger partial charge on any atom is -0.393 e. The zero-order valence-corrected chi connectivity index (χ0v) is 11.4. The number of carbonyl (C=O) groups excluding carboxylic acids is 1. The van der Waals surface area contributed by atoms with Crippen molar-refractivity contribution < 1.29 is 9.90 Å². The molecule has 0 aliphatic heterocycles. The maximum atomic E-state index is 11.8. The van der Waals surface area contributed by atoms with Crippen molar-refractivity contribution in [1.29, 1.82) is 0 Å². The van der Waals surface area contributed by atoms with Gasteiger partial charge in [0.25, 0.3) is 5.91 Å². The third-order valence-electron chi connectivity index (χ3n) is 2.92. The Kier molecular flexibility index (Phi) is 5.86. The molecule has 2 N–H and O–H groups in total. The second-order valence-corrected chi connectivity index (χ2v) is 5.02. The van der Waals surface area contributed by atoms with Gasteiger partial charge in [-0.2, -0.15) is 0 Å². The van der Waals surface area contributed by atoms with Gasteiger partial charge in [0.15, 0.2) is 0 Å². The van der Waals surface area contributed by atoms with Crippen LogP contribution in [0.1, 0.15) is 55.5 Å². The summed E-state index contributed by atoms with van der Waals surface area (Å²) in [5, 5.41) is 12.0. The largest absolute Gasteiger partial charge is 0.393 e. The van der Waals surface area contributed by atoms with E-state index in [9.17, 15) is 4.79 Å². The zero-order valence-electron chi connectivity index (χ0n) is 11.4. The molecule has 0 aliphatic rings. The lowest BCUT2D eigenvalue weighted by Gasteiger charge is -2.08. The number of aliphatic hydroxyl groups is 1. The van der Waals surface area contributed by atoms with E-state index in [1.165, 1.54) is 5.56 Å². The van der Waals surface area contributed by atoms with Crippen molar-refractivity contribution in [3.8, 4) is 0 Å². The molecule has 1 unspecified atom stereocenters. The van der Waals surface area contributed by atoms with Gasteiger partial charge in [-0.1, -0.05) is 26.0 Å². The fourth-order valence-electron chi connectivity index (χ4n) is 1.72. The summed E-state index contributed by atoms with van der Waals surface area (Å²) in [6.45, 7) is 6.62. The number of carbonyl (C=O) groups is 1. The Bertz CT molecular complexity index is 369. The number of hydrogen-bond acceptors (Lipinski definition) is 2. The summed E-state index contributed by atoms with van der Waals surface area (Å²) in [4.78, 5) is 11.8. The van der Waals surface area contributed by atoms with Crippen LogP contribution >= 0.6 is 0 Å². The first-order valence-corrected chi connectivity index (χ1v) is 6.57. The molecule has 0 saturated heterocycles. The first-order chi connectivity index (χ1) is 8.50. The Hall–Kier alpha value is -1.35. The second kappa shape index (κ2) is 7.17. The Balaban J connectivity index is 2.42. The summed E-state index contributed by atoms with van der Waals surface area (Å²) in [6, 6.07) is 7.71. The van der Waals surface area contributed by atoms with Gasteiger partial charge >= 0.3 is 0 Å². The first kappa shape index (κ1) is 14.7. The third kappa shape index (κ3) is 4.88. The molecule has 0 radical (unpaired) electrons. The van der Waals surface area contributed by atoms with Crippen molar-refractivity contribution in [2.24, 2.45) is 0 Å². The van der Waals surface area contributed by atoms with Crippen LogP contribution in [-0.4, -0.2) is 23.7 Å². The highest BCUT2D eigenvalue weighted by molar-refractivity contribution is 5.94. The van der Waals surface area contributed by atoms with Crippen molar-refractivity contribution in [3.63, 3.8) is 0 Å². The van der Waals surface area contributed by atoms with E-state index in [0.29, 0.717) is 24.4 Å². The lowest BCUT2D eigenvalue weighted by atomic mass is 10.0. The van der Waals surface area contributed by atoms with Crippen LogP contribution in [0.3, 0.4) is 0 Å². The zero-order chi connectivity index (χ0) is 13.5. The minimum absolute atomic E-state index is 0.0455. The van der Waals surface area contributed by atoms with Crippen LogP contribution in [0.5, 0.6) is 0 Å². The molecule has 1 aromatic rings. The molecule has 1 atom stereocenters. The van der Waals surface area contributed by atoms with Crippen LogP contribution < -0.4 is 5.32 Å². The van der Waals surface area contributed by atoms with Crippen LogP contribution in [0, 0.1) is 0 Å². The van der Waals surface area contributed by atoms with Crippen LogP contribution in [0.15, 0.2) is 24.3 Å². The fraction of sp³-hybridized carbons (Fsp3) is 0.533. The van der Waals surface area contributed by atoms with Gasteiger partial charge in [-0.3, -0.25) is 4.79 Å². The van der Waals surface area contributed by atoms with Crippen molar-refractivity contribution in [1.82, 2.24) is 5.32 Å². The van der Waals surface area contributed by atoms with E-state index < -0.39 is 0 Å². The molecule has 0 fully saturated rings. The highest BCUT2D eigenvalue weighted by Crippen LogP contribution is 2.14. The van der Waals surface area contributed by atoms with Gasteiger partial charge in [-0.05, 0) is 43.4 Å². The molecule has 3 nitrogen and oxygen atoms in total. The van der Waals surface area contributed by atoms with Gasteiger partial charge in [0, 0.05) is 12.1 Å². The van der Waals surface area contributed by atoms with Crippen molar-refractivity contribution in [3.05, 3.63) is 35.4 Å². The number of amides is 1. The Morgan fingerprint density at radius 1 is 1.22 bits per heavy atom.